The minimum absolute atomic E-state index is 0.202. The van der Waals surface area contributed by atoms with E-state index in [4.69, 9.17) is 27.9 Å². The van der Waals surface area contributed by atoms with Crippen molar-refractivity contribution in [3.05, 3.63) is 74.3 Å². The predicted molar refractivity (Wildman–Crippen MR) is 91.5 cm³/mol. The van der Waals surface area contributed by atoms with Crippen LogP contribution in [-0.2, 0) is 0 Å². The number of nitriles is 1. The maximum absolute atomic E-state index is 9.61. The third-order valence-corrected chi connectivity index (χ3v) is 4.66. The van der Waals surface area contributed by atoms with Gasteiger partial charge in [-0.3, -0.25) is 0 Å². The third-order valence-electron chi connectivity index (χ3n) is 3.50. The number of benzene rings is 2. The van der Waals surface area contributed by atoms with Crippen molar-refractivity contribution in [3.63, 3.8) is 0 Å². The fraction of sp³-hybridized carbons (Fsp3) is 0.118. The van der Waals surface area contributed by atoms with Crippen molar-refractivity contribution in [3.8, 4) is 11.8 Å². The van der Waals surface area contributed by atoms with Crippen LogP contribution in [0.2, 0.25) is 10.0 Å². The van der Waals surface area contributed by atoms with E-state index in [2.05, 4.69) is 6.07 Å². The van der Waals surface area contributed by atoms with Crippen molar-refractivity contribution in [2.75, 3.05) is 6.26 Å². The van der Waals surface area contributed by atoms with Gasteiger partial charge in [0.25, 0.3) is 0 Å². The van der Waals surface area contributed by atoms with Gasteiger partial charge in [0.2, 0.25) is 0 Å². The van der Waals surface area contributed by atoms with Gasteiger partial charge in [0.1, 0.15) is 11.8 Å². The fourth-order valence-corrected chi connectivity index (χ4v) is 3.39. The first kappa shape index (κ1) is 15.3. The summed E-state index contributed by atoms with van der Waals surface area (Å²) in [5.41, 5.74) is 2.47. The SMILES string of the molecule is CSC1=C(C#N)C(c2ccc(Cl)cc2)c2cc(Cl)ccc2O1. The Hall–Kier alpha value is -1.60. The summed E-state index contributed by atoms with van der Waals surface area (Å²) in [5.74, 6) is 0.528. The van der Waals surface area contributed by atoms with Crippen LogP contribution in [0, 0.1) is 11.3 Å². The molecule has 0 fully saturated rings. The summed E-state index contributed by atoms with van der Waals surface area (Å²) in [5, 5.41) is 11.5. The van der Waals surface area contributed by atoms with E-state index >= 15 is 0 Å². The minimum Gasteiger partial charge on any atom is -0.449 e. The zero-order valence-corrected chi connectivity index (χ0v) is 14.0. The molecule has 22 heavy (non-hydrogen) atoms. The number of allylic oxidation sites excluding steroid dienone is 1. The molecule has 0 N–H and O–H groups in total. The molecule has 2 aromatic rings. The second kappa shape index (κ2) is 6.26. The summed E-state index contributed by atoms with van der Waals surface area (Å²) in [6, 6.07) is 15.3. The highest BCUT2D eigenvalue weighted by molar-refractivity contribution is 8.02. The van der Waals surface area contributed by atoms with Crippen LogP contribution in [0.25, 0.3) is 0 Å². The largest absolute Gasteiger partial charge is 0.449 e. The number of rotatable bonds is 2. The van der Waals surface area contributed by atoms with Gasteiger partial charge in [-0.05, 0) is 42.2 Å². The molecule has 1 unspecified atom stereocenters. The first-order valence-electron chi connectivity index (χ1n) is 6.55. The summed E-state index contributed by atoms with van der Waals surface area (Å²) in [6.07, 6.45) is 1.90. The number of thioether (sulfide) groups is 1. The van der Waals surface area contributed by atoms with Crippen molar-refractivity contribution in [1.29, 1.82) is 5.26 Å². The van der Waals surface area contributed by atoms with Crippen LogP contribution in [-0.4, -0.2) is 6.26 Å². The second-order valence-electron chi connectivity index (χ2n) is 4.79. The highest BCUT2D eigenvalue weighted by Crippen LogP contribution is 2.46. The van der Waals surface area contributed by atoms with Gasteiger partial charge < -0.3 is 4.74 Å². The maximum Gasteiger partial charge on any atom is 0.175 e. The number of nitrogens with zero attached hydrogens (tertiary/aromatic N) is 1. The van der Waals surface area contributed by atoms with Crippen LogP contribution in [0.15, 0.2) is 53.1 Å². The van der Waals surface area contributed by atoms with E-state index < -0.39 is 0 Å². The van der Waals surface area contributed by atoms with E-state index in [-0.39, 0.29) is 5.92 Å². The molecule has 0 bridgehead atoms. The lowest BCUT2D eigenvalue weighted by Crippen LogP contribution is -2.14. The average molecular weight is 348 g/mol. The van der Waals surface area contributed by atoms with Crippen LogP contribution in [0.3, 0.4) is 0 Å². The Morgan fingerprint density at radius 1 is 1.09 bits per heavy atom. The maximum atomic E-state index is 9.61. The van der Waals surface area contributed by atoms with Gasteiger partial charge in [-0.15, -0.1) is 0 Å². The average Bonchev–Trinajstić information content (AvgIpc) is 2.54. The van der Waals surface area contributed by atoms with Crippen LogP contribution >= 0.6 is 35.0 Å². The monoisotopic (exact) mass is 347 g/mol. The van der Waals surface area contributed by atoms with Gasteiger partial charge in [0, 0.05) is 15.6 Å². The molecule has 2 nitrogen and oxygen atoms in total. The first-order valence-corrected chi connectivity index (χ1v) is 8.53. The Labute approximate surface area is 143 Å². The predicted octanol–water partition coefficient (Wildman–Crippen LogP) is 5.62. The van der Waals surface area contributed by atoms with Crippen LogP contribution in [0.4, 0.5) is 0 Å². The number of hydrogen-bond acceptors (Lipinski definition) is 3. The lowest BCUT2D eigenvalue weighted by molar-refractivity contribution is 0.439. The zero-order valence-electron chi connectivity index (χ0n) is 11.6. The van der Waals surface area contributed by atoms with Gasteiger partial charge in [-0.2, -0.15) is 5.26 Å². The molecule has 0 saturated heterocycles. The molecule has 5 heteroatoms. The molecule has 1 atom stereocenters. The zero-order chi connectivity index (χ0) is 15.7. The molecule has 110 valence electrons. The van der Waals surface area contributed by atoms with E-state index in [0.717, 1.165) is 16.9 Å². The number of halogens is 2. The number of hydrogen-bond donors (Lipinski definition) is 0. The molecule has 2 aromatic carbocycles. The Balaban J connectivity index is 2.23. The summed E-state index contributed by atoms with van der Waals surface area (Å²) < 4.78 is 5.85. The molecule has 0 aromatic heterocycles. The molecule has 0 amide bonds. The van der Waals surface area contributed by atoms with E-state index in [1.54, 1.807) is 6.07 Å². The van der Waals surface area contributed by atoms with E-state index in [1.807, 2.05) is 42.7 Å². The van der Waals surface area contributed by atoms with Crippen LogP contribution in [0.1, 0.15) is 17.0 Å². The molecule has 0 aliphatic carbocycles. The molecule has 3 rings (SSSR count). The Morgan fingerprint density at radius 3 is 2.41 bits per heavy atom. The Bertz CT molecular complexity index is 793. The van der Waals surface area contributed by atoms with Crippen molar-refractivity contribution >= 4 is 35.0 Å². The molecule has 0 radical (unpaired) electrons. The van der Waals surface area contributed by atoms with Crippen molar-refractivity contribution < 1.29 is 4.74 Å². The molecular formula is C17H11Cl2NOS. The summed E-state index contributed by atoms with van der Waals surface area (Å²) in [6.45, 7) is 0. The van der Waals surface area contributed by atoms with E-state index in [1.165, 1.54) is 11.8 Å². The lowest BCUT2D eigenvalue weighted by Gasteiger charge is -2.27. The van der Waals surface area contributed by atoms with Crippen molar-refractivity contribution in [1.82, 2.24) is 0 Å². The highest BCUT2D eigenvalue weighted by Gasteiger charge is 2.31. The van der Waals surface area contributed by atoms with Crippen LogP contribution in [0.5, 0.6) is 5.75 Å². The minimum atomic E-state index is -0.202. The molecule has 1 aliphatic rings. The van der Waals surface area contributed by atoms with E-state index in [0.29, 0.717) is 20.7 Å². The Morgan fingerprint density at radius 2 is 1.77 bits per heavy atom. The van der Waals surface area contributed by atoms with Gasteiger partial charge in [0.05, 0.1) is 11.5 Å². The quantitative estimate of drug-likeness (QED) is 0.707. The normalized spacial score (nSPS) is 16.7. The van der Waals surface area contributed by atoms with Gasteiger partial charge in [0.15, 0.2) is 5.09 Å². The highest BCUT2D eigenvalue weighted by atomic mass is 35.5. The van der Waals surface area contributed by atoms with Gasteiger partial charge in [-0.25, -0.2) is 0 Å². The summed E-state index contributed by atoms with van der Waals surface area (Å²) in [4.78, 5) is 0. The van der Waals surface area contributed by atoms with Gasteiger partial charge >= 0.3 is 0 Å². The molecule has 0 saturated carbocycles. The van der Waals surface area contributed by atoms with Gasteiger partial charge in [-0.1, -0.05) is 47.1 Å². The van der Waals surface area contributed by atoms with E-state index in [9.17, 15) is 5.26 Å². The topological polar surface area (TPSA) is 33.0 Å². The molecular weight excluding hydrogens is 337 g/mol. The van der Waals surface area contributed by atoms with Crippen LogP contribution < -0.4 is 4.74 Å². The third kappa shape index (κ3) is 2.70. The number of fused-ring (bicyclic) bond motifs is 1. The molecule has 1 aliphatic heterocycles. The summed E-state index contributed by atoms with van der Waals surface area (Å²) >= 11 is 13.5. The Kier molecular flexibility index (Phi) is 4.35. The van der Waals surface area contributed by atoms with Crippen molar-refractivity contribution in [2.24, 2.45) is 0 Å². The first-order chi connectivity index (χ1) is 10.6. The standard InChI is InChI=1S/C17H11Cl2NOS/c1-22-17-14(9-20)16(10-2-4-11(18)5-3-10)13-8-12(19)6-7-15(13)21-17/h2-8,16H,1H3. The smallest absolute Gasteiger partial charge is 0.175 e. The second-order valence-corrected chi connectivity index (χ2v) is 6.44. The lowest BCUT2D eigenvalue weighted by atomic mass is 9.84. The fourth-order valence-electron chi connectivity index (χ4n) is 2.53. The molecule has 1 heterocycles. The molecule has 0 spiro atoms. The van der Waals surface area contributed by atoms with Crippen molar-refractivity contribution in [2.45, 2.75) is 5.92 Å². The summed E-state index contributed by atoms with van der Waals surface area (Å²) in [7, 11) is 0. The number of ether oxygens (including phenoxy) is 1.